The van der Waals surface area contributed by atoms with Gasteiger partial charge in [0.25, 0.3) is 0 Å². The summed E-state index contributed by atoms with van der Waals surface area (Å²) < 4.78 is 0. The molecule has 8 heteroatoms. The summed E-state index contributed by atoms with van der Waals surface area (Å²) >= 11 is 0. The molecule has 4 N–H and O–H groups in total. The molecule has 0 aliphatic heterocycles. The van der Waals surface area contributed by atoms with Crippen LogP contribution in [-0.4, -0.2) is 39.9 Å². The number of carboxylic acid groups (broad SMARTS) is 3. The Balaban J connectivity index is 2.50. The maximum Gasteiger partial charge on any atom is 0.426 e. The molecule has 0 atom stereocenters. The van der Waals surface area contributed by atoms with Crippen LogP contribution >= 0.6 is 0 Å². The number of aromatic carboxylic acids is 1. The molecule has 0 unspecified atom stereocenters. The smallest absolute Gasteiger partial charge is 0.426 e. The van der Waals surface area contributed by atoms with Gasteiger partial charge in [0.05, 0.1) is 11.3 Å². The molecule has 0 aromatic heterocycles. The lowest BCUT2D eigenvalue weighted by molar-refractivity contribution is -0.137. The molecular weight excluding hydrogens is 292 g/mol. The first-order chi connectivity index (χ1) is 10.4. The number of carbonyl (C=O) groups is 3. The molecular formula is C14H18N2O6. The zero-order chi connectivity index (χ0) is 16.5. The van der Waals surface area contributed by atoms with Crippen molar-refractivity contribution in [2.24, 2.45) is 0 Å². The highest BCUT2D eigenvalue weighted by Gasteiger charge is 2.14. The molecule has 22 heavy (non-hydrogen) atoms. The van der Waals surface area contributed by atoms with Gasteiger partial charge in [0.2, 0.25) is 0 Å². The van der Waals surface area contributed by atoms with Crippen molar-refractivity contribution < 1.29 is 29.7 Å². The van der Waals surface area contributed by atoms with Crippen molar-refractivity contribution in [1.82, 2.24) is 5.43 Å². The molecule has 120 valence electrons. The number of hydrogen-bond acceptors (Lipinski definition) is 4. The summed E-state index contributed by atoms with van der Waals surface area (Å²) in [6.45, 7) is 0.368. The van der Waals surface area contributed by atoms with Gasteiger partial charge in [-0.05, 0) is 37.1 Å². The Morgan fingerprint density at radius 2 is 1.59 bits per heavy atom. The summed E-state index contributed by atoms with van der Waals surface area (Å²) in [5, 5.41) is 27.4. The number of nitrogens with one attached hydrogen (secondary N) is 1. The zero-order valence-corrected chi connectivity index (χ0v) is 11.9. The van der Waals surface area contributed by atoms with E-state index in [9.17, 15) is 14.4 Å². The number of nitrogens with zero attached hydrogens (tertiary/aromatic N) is 1. The predicted molar refractivity (Wildman–Crippen MR) is 78.0 cm³/mol. The predicted octanol–water partition coefficient (Wildman–Crippen LogP) is 2.02. The molecule has 0 bridgehead atoms. The van der Waals surface area contributed by atoms with Gasteiger partial charge >= 0.3 is 18.0 Å². The van der Waals surface area contributed by atoms with Gasteiger partial charge in [-0.1, -0.05) is 6.42 Å². The van der Waals surface area contributed by atoms with Gasteiger partial charge in [-0.15, -0.1) is 0 Å². The van der Waals surface area contributed by atoms with Crippen LogP contribution in [0, 0.1) is 0 Å². The van der Waals surface area contributed by atoms with Gasteiger partial charge in [-0.25, -0.2) is 20.0 Å². The van der Waals surface area contributed by atoms with Gasteiger partial charge < -0.3 is 15.3 Å². The van der Waals surface area contributed by atoms with E-state index in [0.29, 0.717) is 31.5 Å². The Hall–Kier alpha value is -2.61. The van der Waals surface area contributed by atoms with Crippen LogP contribution < -0.4 is 10.4 Å². The number of hydrazine groups is 1. The van der Waals surface area contributed by atoms with Crippen molar-refractivity contribution in [2.75, 3.05) is 11.6 Å². The van der Waals surface area contributed by atoms with E-state index in [1.54, 1.807) is 0 Å². The second-order valence-corrected chi connectivity index (χ2v) is 4.58. The number of aliphatic carboxylic acids is 1. The summed E-state index contributed by atoms with van der Waals surface area (Å²) in [5.41, 5.74) is 3.09. The molecule has 1 aromatic rings. The highest BCUT2D eigenvalue weighted by atomic mass is 16.4. The molecule has 0 saturated heterocycles. The van der Waals surface area contributed by atoms with Crippen LogP contribution in [-0.2, 0) is 4.79 Å². The van der Waals surface area contributed by atoms with Gasteiger partial charge in [0, 0.05) is 13.0 Å². The second kappa shape index (κ2) is 8.63. The zero-order valence-electron chi connectivity index (χ0n) is 11.9. The molecule has 0 aliphatic rings. The standard InChI is InChI=1S/C14H18N2O6/c17-12(18)4-2-1-3-9-15-16(14(21)22)11-7-5-10(6-8-11)13(19)20/h5-8,15H,1-4,9H2,(H,17,18)(H,19,20)(H,21,22). The summed E-state index contributed by atoms with van der Waals surface area (Å²) in [4.78, 5) is 32.3. The van der Waals surface area contributed by atoms with E-state index < -0.39 is 18.0 Å². The molecule has 1 aromatic carbocycles. The van der Waals surface area contributed by atoms with E-state index >= 15 is 0 Å². The quantitative estimate of drug-likeness (QED) is 0.406. The van der Waals surface area contributed by atoms with Crippen molar-refractivity contribution in [3.63, 3.8) is 0 Å². The molecule has 1 rings (SSSR count). The summed E-state index contributed by atoms with van der Waals surface area (Å²) in [6.07, 6.45) is 0.722. The largest absolute Gasteiger partial charge is 0.481 e. The van der Waals surface area contributed by atoms with E-state index in [2.05, 4.69) is 5.43 Å². The van der Waals surface area contributed by atoms with E-state index in [4.69, 9.17) is 15.3 Å². The molecule has 0 saturated carbocycles. The van der Waals surface area contributed by atoms with Crippen LogP contribution in [0.1, 0.15) is 36.0 Å². The lowest BCUT2D eigenvalue weighted by atomic mass is 10.2. The van der Waals surface area contributed by atoms with Crippen molar-refractivity contribution in [2.45, 2.75) is 25.7 Å². The number of carboxylic acids is 2. The average Bonchev–Trinajstić information content (AvgIpc) is 2.46. The molecule has 0 heterocycles. The van der Waals surface area contributed by atoms with E-state index in [0.717, 1.165) is 5.01 Å². The third kappa shape index (κ3) is 5.80. The van der Waals surface area contributed by atoms with E-state index in [1.807, 2.05) is 0 Å². The Morgan fingerprint density at radius 3 is 2.09 bits per heavy atom. The minimum atomic E-state index is -1.21. The van der Waals surface area contributed by atoms with Gasteiger partial charge in [-0.3, -0.25) is 4.79 Å². The van der Waals surface area contributed by atoms with Crippen molar-refractivity contribution in [3.05, 3.63) is 29.8 Å². The number of amides is 1. The SMILES string of the molecule is O=C(O)CCCCCNN(C(=O)O)c1ccc(C(=O)O)cc1. The van der Waals surface area contributed by atoms with E-state index in [1.165, 1.54) is 24.3 Å². The minimum Gasteiger partial charge on any atom is -0.481 e. The first-order valence-electron chi connectivity index (χ1n) is 6.73. The van der Waals surface area contributed by atoms with Crippen LogP contribution in [0.4, 0.5) is 10.5 Å². The third-order valence-electron chi connectivity index (χ3n) is 2.90. The molecule has 0 fully saturated rings. The van der Waals surface area contributed by atoms with Crippen LogP contribution in [0.15, 0.2) is 24.3 Å². The fraction of sp³-hybridized carbons (Fsp3) is 0.357. The lowest BCUT2D eigenvalue weighted by Crippen LogP contribution is -2.42. The summed E-state index contributed by atoms with van der Waals surface area (Å²) in [5.74, 6) is -1.93. The summed E-state index contributed by atoms with van der Waals surface area (Å²) in [7, 11) is 0. The van der Waals surface area contributed by atoms with Gasteiger partial charge in [-0.2, -0.15) is 0 Å². The number of hydrogen-bond donors (Lipinski definition) is 4. The number of benzene rings is 1. The summed E-state index contributed by atoms with van der Waals surface area (Å²) in [6, 6.07) is 5.44. The minimum absolute atomic E-state index is 0.0720. The number of rotatable bonds is 9. The van der Waals surface area contributed by atoms with Crippen LogP contribution in [0.2, 0.25) is 0 Å². The number of unbranched alkanes of at least 4 members (excludes halogenated alkanes) is 2. The fourth-order valence-electron chi connectivity index (χ4n) is 1.79. The molecule has 1 amide bonds. The van der Waals surface area contributed by atoms with Crippen molar-refractivity contribution in [3.8, 4) is 0 Å². The van der Waals surface area contributed by atoms with E-state index in [-0.39, 0.29) is 12.0 Å². The highest BCUT2D eigenvalue weighted by molar-refractivity contribution is 5.89. The number of anilines is 1. The lowest BCUT2D eigenvalue weighted by Gasteiger charge is -2.20. The van der Waals surface area contributed by atoms with Crippen LogP contribution in [0.25, 0.3) is 0 Å². The maximum atomic E-state index is 11.2. The Labute approximate surface area is 126 Å². The normalized spacial score (nSPS) is 10.2. The maximum absolute atomic E-state index is 11.2. The van der Waals surface area contributed by atoms with Gasteiger partial charge in [0.1, 0.15) is 0 Å². The van der Waals surface area contributed by atoms with Gasteiger partial charge in [0.15, 0.2) is 0 Å². The van der Waals surface area contributed by atoms with Crippen molar-refractivity contribution in [1.29, 1.82) is 0 Å². The molecule has 8 nitrogen and oxygen atoms in total. The average molecular weight is 310 g/mol. The highest BCUT2D eigenvalue weighted by Crippen LogP contribution is 2.14. The topological polar surface area (TPSA) is 127 Å². The second-order valence-electron chi connectivity index (χ2n) is 4.58. The fourth-order valence-corrected chi connectivity index (χ4v) is 1.79. The monoisotopic (exact) mass is 310 g/mol. The van der Waals surface area contributed by atoms with Crippen LogP contribution in [0.5, 0.6) is 0 Å². The first-order valence-corrected chi connectivity index (χ1v) is 6.73. The van der Waals surface area contributed by atoms with Crippen molar-refractivity contribution >= 4 is 23.7 Å². The van der Waals surface area contributed by atoms with Crippen LogP contribution in [0.3, 0.4) is 0 Å². The third-order valence-corrected chi connectivity index (χ3v) is 2.90. The molecule has 0 radical (unpaired) electrons. The Kier molecular flexibility index (Phi) is 6.84. The molecule has 0 aliphatic carbocycles. The Morgan fingerprint density at radius 1 is 0.955 bits per heavy atom. The Bertz CT molecular complexity index is 529. The molecule has 0 spiro atoms. The first kappa shape index (κ1) is 17.4.